The van der Waals surface area contributed by atoms with Crippen LogP contribution in [0.2, 0.25) is 0 Å². The van der Waals surface area contributed by atoms with Gasteiger partial charge in [-0.05, 0) is 0 Å². The molecule has 0 spiro atoms. The Kier molecular flexibility index (Phi) is 6.81. The summed E-state index contributed by atoms with van der Waals surface area (Å²) in [7, 11) is 0. The Morgan fingerprint density at radius 1 is 1.00 bits per heavy atom. The normalized spacial score (nSPS) is 11.7. The molecule has 0 radical (unpaired) electrons. The van der Waals surface area contributed by atoms with Crippen LogP contribution in [-0.4, -0.2) is 23.9 Å². The van der Waals surface area contributed by atoms with Gasteiger partial charge in [0.2, 0.25) is 0 Å². The maximum atomic E-state index is 11.3. The summed E-state index contributed by atoms with van der Waals surface area (Å²) in [5.41, 5.74) is 0. The molecule has 0 heterocycles. The molecule has 0 aromatic carbocycles. The van der Waals surface area contributed by atoms with E-state index in [0.717, 1.165) is 0 Å². The Labute approximate surface area is 84.3 Å². The van der Waals surface area contributed by atoms with Crippen molar-refractivity contribution in [2.24, 2.45) is 0 Å². The van der Waals surface area contributed by atoms with Gasteiger partial charge in [-0.2, -0.15) is 0 Å². The molecular formula is C8H18O4Ti. The summed E-state index contributed by atoms with van der Waals surface area (Å²) in [6.45, 7) is 8.35. The molecule has 78 valence electrons. The van der Waals surface area contributed by atoms with Crippen molar-refractivity contribution in [2.75, 3.05) is 19.8 Å². The van der Waals surface area contributed by atoms with Crippen LogP contribution in [0.3, 0.4) is 0 Å². The standard InChI is InChI=1S/3C2H5O.C2H3O.Ti/c4*1-2-3;/h3*2H2,1H3;1H3;/q3*-1;;+3. The predicted octanol–water partition coefficient (Wildman–Crippen LogP) is 1.54. The molecule has 0 N–H and O–H groups in total. The van der Waals surface area contributed by atoms with E-state index in [-0.39, 0.29) is 4.09 Å². The van der Waals surface area contributed by atoms with E-state index in [1.165, 1.54) is 6.92 Å². The van der Waals surface area contributed by atoms with Crippen molar-refractivity contribution in [1.29, 1.82) is 0 Å². The average Bonchev–Trinajstić information content (AvgIpc) is 2.05. The first-order valence-corrected chi connectivity index (χ1v) is 7.25. The number of rotatable bonds is 7. The second kappa shape index (κ2) is 6.68. The first-order valence-electron chi connectivity index (χ1n) is 4.55. The topological polar surface area (TPSA) is 44.8 Å². The van der Waals surface area contributed by atoms with Crippen molar-refractivity contribution >= 4 is 4.09 Å². The molecule has 5 heteroatoms. The molecule has 0 unspecified atom stereocenters. The van der Waals surface area contributed by atoms with E-state index in [4.69, 9.17) is 9.96 Å². The molecular weight excluding hydrogens is 208 g/mol. The zero-order chi connectivity index (χ0) is 10.3. The molecule has 0 rings (SSSR count). The number of hydrogen-bond donors (Lipinski definition) is 0. The van der Waals surface area contributed by atoms with E-state index in [1.807, 2.05) is 20.8 Å². The maximum absolute atomic E-state index is 11.3. The third-order valence-electron chi connectivity index (χ3n) is 1.43. The molecule has 0 atom stereocenters. The van der Waals surface area contributed by atoms with Crippen LogP contribution in [0.15, 0.2) is 0 Å². The van der Waals surface area contributed by atoms with Crippen molar-refractivity contribution in [1.82, 2.24) is 0 Å². The van der Waals surface area contributed by atoms with Gasteiger partial charge >= 0.3 is 84.1 Å². The fourth-order valence-corrected chi connectivity index (χ4v) is 4.12. The van der Waals surface area contributed by atoms with Gasteiger partial charge in [0, 0.05) is 0 Å². The van der Waals surface area contributed by atoms with Crippen LogP contribution in [0.25, 0.3) is 0 Å². The SMILES string of the molecule is CC[O][Ti]([O]CC)([O]CC)[C](C)=O. The Hall–Kier alpha value is 0.264. The fourth-order valence-electron chi connectivity index (χ4n) is 1.000. The van der Waals surface area contributed by atoms with E-state index < -0.39 is 17.8 Å². The van der Waals surface area contributed by atoms with E-state index in [0.29, 0.717) is 19.8 Å². The number of carbonyl (C=O) groups is 1. The summed E-state index contributed by atoms with van der Waals surface area (Å²) in [6.07, 6.45) is 0. The van der Waals surface area contributed by atoms with Crippen LogP contribution < -0.4 is 0 Å². The molecule has 0 fully saturated rings. The Bertz CT molecular complexity index is 143. The summed E-state index contributed by atoms with van der Waals surface area (Å²) in [5, 5.41) is 0. The van der Waals surface area contributed by atoms with Gasteiger partial charge in [0.15, 0.2) is 0 Å². The van der Waals surface area contributed by atoms with Gasteiger partial charge in [-0.15, -0.1) is 0 Å². The monoisotopic (exact) mass is 226 g/mol. The van der Waals surface area contributed by atoms with Crippen LogP contribution >= 0.6 is 0 Å². The van der Waals surface area contributed by atoms with E-state index in [1.54, 1.807) is 0 Å². The van der Waals surface area contributed by atoms with Crippen molar-refractivity contribution in [3.05, 3.63) is 0 Å². The van der Waals surface area contributed by atoms with Crippen LogP contribution in [0.5, 0.6) is 0 Å². The van der Waals surface area contributed by atoms with Gasteiger partial charge in [0.25, 0.3) is 0 Å². The molecule has 0 aliphatic rings. The van der Waals surface area contributed by atoms with Crippen molar-refractivity contribution in [3.63, 3.8) is 0 Å². The van der Waals surface area contributed by atoms with Gasteiger partial charge in [-0.1, -0.05) is 0 Å². The molecule has 13 heavy (non-hydrogen) atoms. The molecule has 0 aliphatic carbocycles. The Morgan fingerprint density at radius 2 is 1.31 bits per heavy atom. The Balaban J connectivity index is 4.48. The van der Waals surface area contributed by atoms with E-state index in [2.05, 4.69) is 0 Å². The number of carbonyl (C=O) groups excluding carboxylic acids is 1. The molecule has 0 saturated heterocycles. The third-order valence-corrected chi connectivity index (χ3v) is 5.91. The number of hydrogen-bond acceptors (Lipinski definition) is 4. The van der Waals surface area contributed by atoms with Crippen molar-refractivity contribution in [3.8, 4) is 0 Å². The summed E-state index contributed by atoms with van der Waals surface area (Å²) < 4.78 is 16.0. The first kappa shape index (κ1) is 13.3. The van der Waals surface area contributed by atoms with Crippen LogP contribution in [0, 0.1) is 0 Å². The van der Waals surface area contributed by atoms with E-state index >= 15 is 0 Å². The van der Waals surface area contributed by atoms with Gasteiger partial charge in [0.05, 0.1) is 0 Å². The second-order valence-electron chi connectivity index (χ2n) is 2.41. The van der Waals surface area contributed by atoms with Crippen molar-refractivity contribution in [2.45, 2.75) is 27.7 Å². The van der Waals surface area contributed by atoms with Gasteiger partial charge < -0.3 is 0 Å². The molecule has 0 saturated carbocycles. The van der Waals surface area contributed by atoms with Crippen LogP contribution in [-0.2, 0) is 32.5 Å². The van der Waals surface area contributed by atoms with Gasteiger partial charge in [-0.25, -0.2) is 0 Å². The predicted molar refractivity (Wildman–Crippen MR) is 45.6 cm³/mol. The molecule has 0 amide bonds. The summed E-state index contributed by atoms with van der Waals surface area (Å²) in [5.74, 6) is 0. The quantitative estimate of drug-likeness (QED) is 0.617. The third kappa shape index (κ3) is 3.87. The molecule has 0 aromatic rings. The summed E-state index contributed by atoms with van der Waals surface area (Å²) in [4.78, 5) is 11.3. The molecule has 0 aromatic heterocycles. The zero-order valence-corrected chi connectivity index (χ0v) is 10.3. The minimum absolute atomic E-state index is 0.0782. The zero-order valence-electron chi connectivity index (χ0n) is 8.75. The average molecular weight is 226 g/mol. The fraction of sp³-hybridized carbons (Fsp3) is 0.875. The van der Waals surface area contributed by atoms with Gasteiger partial charge in [0.1, 0.15) is 0 Å². The minimum atomic E-state index is -3.55. The first-order chi connectivity index (χ1) is 6.13. The summed E-state index contributed by atoms with van der Waals surface area (Å²) >= 11 is -3.55. The van der Waals surface area contributed by atoms with Crippen LogP contribution in [0.4, 0.5) is 0 Å². The second-order valence-corrected chi connectivity index (χ2v) is 6.60. The molecule has 0 bridgehead atoms. The van der Waals surface area contributed by atoms with E-state index in [9.17, 15) is 4.79 Å². The van der Waals surface area contributed by atoms with Crippen LogP contribution in [0.1, 0.15) is 27.7 Å². The summed E-state index contributed by atoms with van der Waals surface area (Å²) in [6, 6.07) is 0. The van der Waals surface area contributed by atoms with Crippen molar-refractivity contribution < 1.29 is 32.5 Å². The molecule has 4 nitrogen and oxygen atoms in total. The van der Waals surface area contributed by atoms with Gasteiger partial charge in [-0.3, -0.25) is 0 Å². The molecule has 0 aliphatic heterocycles. The Morgan fingerprint density at radius 3 is 1.46 bits per heavy atom.